The van der Waals surface area contributed by atoms with Gasteiger partial charge in [-0.25, -0.2) is 0 Å². The third kappa shape index (κ3) is 7.08. The Morgan fingerprint density at radius 1 is 0.511 bits per heavy atom. The second kappa shape index (κ2) is 14.8. The number of ether oxygens (including phenoxy) is 4. The van der Waals surface area contributed by atoms with Crippen molar-refractivity contribution in [2.24, 2.45) is 0 Å². The first-order valence-electron chi connectivity index (χ1n) is 15.3. The van der Waals surface area contributed by atoms with Crippen molar-refractivity contribution in [2.75, 3.05) is 6.61 Å². The topological polar surface area (TPSA) is 77.4 Å². The molecule has 5 atom stereocenters. The number of benzene rings is 5. The van der Waals surface area contributed by atoms with E-state index in [0.717, 1.165) is 27.8 Å². The molecule has 230 valence electrons. The van der Waals surface area contributed by atoms with Crippen molar-refractivity contribution in [3.63, 3.8) is 0 Å². The van der Waals surface area contributed by atoms with Gasteiger partial charge in [0.2, 0.25) is 0 Å². The molecular formula is C39H38O6. The number of aliphatic hydroxyl groups is 2. The minimum absolute atomic E-state index is 0.0342. The van der Waals surface area contributed by atoms with Gasteiger partial charge in [-0.2, -0.15) is 0 Å². The molecule has 1 fully saturated rings. The van der Waals surface area contributed by atoms with E-state index in [4.69, 9.17) is 18.9 Å². The van der Waals surface area contributed by atoms with Crippen LogP contribution >= 0.6 is 0 Å². The molecule has 0 aromatic heterocycles. The maximum atomic E-state index is 11.8. The van der Waals surface area contributed by atoms with Crippen LogP contribution < -0.4 is 0 Å². The molecule has 1 saturated heterocycles. The highest BCUT2D eigenvalue weighted by molar-refractivity contribution is 5.47. The van der Waals surface area contributed by atoms with Gasteiger partial charge in [-0.05, 0) is 27.8 Å². The molecule has 5 aromatic carbocycles. The summed E-state index contributed by atoms with van der Waals surface area (Å²) in [6, 6.07) is 49.4. The molecule has 6 heteroatoms. The highest BCUT2D eigenvalue weighted by Crippen LogP contribution is 2.41. The van der Waals surface area contributed by atoms with E-state index in [1.165, 1.54) is 0 Å². The molecular weight excluding hydrogens is 564 g/mol. The fraction of sp³-hybridized carbons (Fsp3) is 0.231. The van der Waals surface area contributed by atoms with E-state index in [9.17, 15) is 10.2 Å². The van der Waals surface area contributed by atoms with Gasteiger partial charge in [-0.15, -0.1) is 0 Å². The zero-order valence-electron chi connectivity index (χ0n) is 25.0. The van der Waals surface area contributed by atoms with Gasteiger partial charge in [0.15, 0.2) is 6.29 Å². The van der Waals surface area contributed by atoms with Crippen molar-refractivity contribution in [1.29, 1.82) is 0 Å². The van der Waals surface area contributed by atoms with Crippen LogP contribution in [0, 0.1) is 0 Å². The average molecular weight is 603 g/mol. The normalized spacial score (nSPS) is 21.8. The predicted octanol–water partition coefficient (Wildman–Crippen LogP) is 6.24. The Hall–Kier alpha value is -4.14. The Kier molecular flexibility index (Phi) is 10.1. The molecule has 0 unspecified atom stereocenters. The Labute approximate surface area is 264 Å². The van der Waals surface area contributed by atoms with Crippen molar-refractivity contribution < 1.29 is 29.2 Å². The molecule has 45 heavy (non-hydrogen) atoms. The molecule has 6 nitrogen and oxygen atoms in total. The fourth-order valence-corrected chi connectivity index (χ4v) is 5.92. The first-order chi connectivity index (χ1) is 22.1. The number of aliphatic hydroxyl groups excluding tert-OH is 2. The lowest BCUT2D eigenvalue weighted by Gasteiger charge is -2.44. The molecule has 0 bridgehead atoms. The third-order valence-corrected chi connectivity index (χ3v) is 8.21. The molecule has 0 amide bonds. The van der Waals surface area contributed by atoms with Crippen LogP contribution in [0.1, 0.15) is 27.8 Å². The molecule has 0 saturated carbocycles. The summed E-state index contributed by atoms with van der Waals surface area (Å²) in [5, 5.41) is 23.1. The fourth-order valence-electron chi connectivity index (χ4n) is 5.92. The minimum atomic E-state index is -1.36. The van der Waals surface area contributed by atoms with Gasteiger partial charge in [0.25, 0.3) is 0 Å². The predicted molar refractivity (Wildman–Crippen MR) is 172 cm³/mol. The Morgan fingerprint density at radius 3 is 1.31 bits per heavy atom. The van der Waals surface area contributed by atoms with E-state index in [2.05, 4.69) is 0 Å². The van der Waals surface area contributed by atoms with Crippen LogP contribution in [0.25, 0.3) is 0 Å². The van der Waals surface area contributed by atoms with Crippen LogP contribution in [0.3, 0.4) is 0 Å². The van der Waals surface area contributed by atoms with E-state index < -0.39 is 36.3 Å². The number of hydrogen-bond acceptors (Lipinski definition) is 6. The van der Waals surface area contributed by atoms with Crippen LogP contribution in [0.5, 0.6) is 0 Å². The van der Waals surface area contributed by atoms with E-state index in [1.807, 2.05) is 152 Å². The van der Waals surface area contributed by atoms with Gasteiger partial charge in [-0.1, -0.05) is 152 Å². The summed E-state index contributed by atoms with van der Waals surface area (Å²) >= 11 is 0. The maximum absolute atomic E-state index is 11.8. The summed E-state index contributed by atoms with van der Waals surface area (Å²) in [7, 11) is 0. The summed E-state index contributed by atoms with van der Waals surface area (Å²) in [5.74, 6) is 0. The zero-order valence-corrected chi connectivity index (χ0v) is 25.0. The average Bonchev–Trinajstić information content (AvgIpc) is 3.11. The first kappa shape index (κ1) is 30.9. The van der Waals surface area contributed by atoms with E-state index in [0.29, 0.717) is 0 Å². The van der Waals surface area contributed by atoms with E-state index in [-0.39, 0.29) is 19.8 Å². The lowest BCUT2D eigenvalue weighted by atomic mass is 9.80. The summed E-state index contributed by atoms with van der Waals surface area (Å²) < 4.78 is 25.4. The van der Waals surface area contributed by atoms with E-state index in [1.54, 1.807) is 0 Å². The Morgan fingerprint density at radius 2 is 0.889 bits per heavy atom. The van der Waals surface area contributed by atoms with Crippen molar-refractivity contribution in [1.82, 2.24) is 0 Å². The molecule has 6 rings (SSSR count). The monoisotopic (exact) mass is 602 g/mol. The van der Waals surface area contributed by atoms with Crippen molar-refractivity contribution in [3.8, 4) is 0 Å². The Bertz CT molecular complexity index is 1470. The SMILES string of the molecule is O[C@H]1[C@@H](OCc2ccccc2)[C@@H](OCc2ccccc2)[C@@H](O)O[C@@H]1COC(c1ccccc1)(c1ccccc1)c1ccccc1. The molecule has 2 N–H and O–H groups in total. The van der Waals surface area contributed by atoms with E-state index >= 15 is 0 Å². The highest BCUT2D eigenvalue weighted by Gasteiger charge is 2.48. The second-order valence-corrected chi connectivity index (χ2v) is 11.2. The Balaban J connectivity index is 1.30. The van der Waals surface area contributed by atoms with Crippen molar-refractivity contribution in [3.05, 3.63) is 179 Å². The largest absolute Gasteiger partial charge is 0.387 e. The molecule has 0 radical (unpaired) electrons. The van der Waals surface area contributed by atoms with Gasteiger partial charge in [-0.3, -0.25) is 0 Å². The molecule has 0 aliphatic carbocycles. The van der Waals surface area contributed by atoms with Crippen molar-refractivity contribution >= 4 is 0 Å². The van der Waals surface area contributed by atoms with Gasteiger partial charge < -0.3 is 29.2 Å². The van der Waals surface area contributed by atoms with Crippen LogP contribution in [-0.2, 0) is 37.8 Å². The van der Waals surface area contributed by atoms with Gasteiger partial charge in [0.05, 0.1) is 19.8 Å². The smallest absolute Gasteiger partial charge is 0.184 e. The van der Waals surface area contributed by atoms with Gasteiger partial charge in [0, 0.05) is 0 Å². The number of hydrogen-bond donors (Lipinski definition) is 2. The molecule has 0 spiro atoms. The summed E-state index contributed by atoms with van der Waals surface area (Å²) in [6.45, 7) is 0.424. The minimum Gasteiger partial charge on any atom is -0.387 e. The van der Waals surface area contributed by atoms with Crippen molar-refractivity contribution in [2.45, 2.75) is 49.5 Å². The van der Waals surface area contributed by atoms with Crippen LogP contribution in [0.15, 0.2) is 152 Å². The van der Waals surface area contributed by atoms with Crippen LogP contribution in [0.2, 0.25) is 0 Å². The van der Waals surface area contributed by atoms with Gasteiger partial charge in [0.1, 0.15) is 30.0 Å². The molecule has 5 aromatic rings. The van der Waals surface area contributed by atoms with Crippen LogP contribution in [-0.4, -0.2) is 47.5 Å². The second-order valence-electron chi connectivity index (χ2n) is 11.2. The quantitative estimate of drug-likeness (QED) is 0.165. The van der Waals surface area contributed by atoms with Gasteiger partial charge >= 0.3 is 0 Å². The maximum Gasteiger partial charge on any atom is 0.184 e. The third-order valence-electron chi connectivity index (χ3n) is 8.21. The number of rotatable bonds is 12. The first-order valence-corrected chi connectivity index (χ1v) is 15.3. The molecule has 1 aliphatic rings. The summed E-state index contributed by atoms with van der Waals surface area (Å²) in [4.78, 5) is 0. The standard InChI is InChI=1S/C39H38O6/c40-35-34(28-44-39(31-20-10-3-11-21-31,32-22-12-4-13-23-32)33-24-14-5-15-25-33)45-38(41)37(43-27-30-18-8-2-9-19-30)36(35)42-26-29-16-6-1-7-17-29/h1-25,34-38,40-41H,26-28H2/t34-,35-,36-,37-,38+/m1/s1. The summed E-state index contributed by atoms with van der Waals surface area (Å²) in [5.41, 5.74) is 3.64. The molecule has 1 aliphatic heterocycles. The zero-order chi connectivity index (χ0) is 30.9. The lowest BCUT2D eigenvalue weighted by molar-refractivity contribution is -0.311. The summed E-state index contributed by atoms with van der Waals surface area (Å²) in [6.07, 6.45) is -5.23. The highest BCUT2D eigenvalue weighted by atomic mass is 16.7. The van der Waals surface area contributed by atoms with Crippen LogP contribution in [0.4, 0.5) is 0 Å². The molecule has 1 heterocycles. The lowest BCUT2D eigenvalue weighted by Crippen LogP contribution is -2.60.